The summed E-state index contributed by atoms with van der Waals surface area (Å²) in [5.74, 6) is 0.866. The molecule has 4 heteroatoms. The van der Waals surface area contributed by atoms with E-state index >= 15 is 0 Å². The summed E-state index contributed by atoms with van der Waals surface area (Å²) in [5, 5.41) is 3.92. The number of amides is 1. The monoisotopic (exact) mass is 310 g/mol. The van der Waals surface area contributed by atoms with Gasteiger partial charge in [-0.3, -0.25) is 4.79 Å². The Balaban J connectivity index is 1.86. The lowest BCUT2D eigenvalue weighted by Gasteiger charge is -2.15. The molecule has 0 aliphatic rings. The lowest BCUT2D eigenvalue weighted by molar-refractivity contribution is -0.123. The van der Waals surface area contributed by atoms with E-state index in [1.165, 1.54) is 0 Å². The van der Waals surface area contributed by atoms with Gasteiger partial charge in [0.2, 0.25) is 0 Å². The van der Waals surface area contributed by atoms with E-state index in [0.29, 0.717) is 5.92 Å². The minimum atomic E-state index is -0.281. The van der Waals surface area contributed by atoms with Crippen molar-refractivity contribution in [2.24, 2.45) is 5.10 Å². The fourth-order valence-electron chi connectivity index (χ4n) is 2.13. The Bertz CT molecular complexity index is 653. The van der Waals surface area contributed by atoms with Crippen molar-refractivity contribution in [1.82, 2.24) is 5.43 Å². The molecular weight excluding hydrogens is 288 g/mol. The number of nitrogens with zero attached hydrogens (tertiary/aromatic N) is 1. The summed E-state index contributed by atoms with van der Waals surface area (Å²) in [6.07, 6.45) is 2.62. The highest BCUT2D eigenvalue weighted by atomic mass is 16.5. The van der Waals surface area contributed by atoms with Crippen molar-refractivity contribution in [2.45, 2.75) is 26.2 Å². The molecule has 2 rings (SSSR count). The zero-order chi connectivity index (χ0) is 16.5. The van der Waals surface area contributed by atoms with Crippen molar-refractivity contribution in [2.75, 3.05) is 6.61 Å². The Morgan fingerprint density at radius 3 is 2.61 bits per heavy atom. The van der Waals surface area contributed by atoms with E-state index < -0.39 is 0 Å². The van der Waals surface area contributed by atoms with E-state index in [-0.39, 0.29) is 12.5 Å². The molecule has 1 N–H and O–H groups in total. The molecule has 0 aliphatic heterocycles. The second-order valence-corrected chi connectivity index (χ2v) is 5.34. The maximum atomic E-state index is 11.8. The fourth-order valence-corrected chi connectivity index (χ4v) is 2.13. The molecule has 1 atom stereocenters. The van der Waals surface area contributed by atoms with Gasteiger partial charge < -0.3 is 4.74 Å². The van der Waals surface area contributed by atoms with E-state index in [4.69, 9.17) is 4.74 Å². The average Bonchev–Trinajstić information content (AvgIpc) is 2.60. The Labute approximate surface area is 137 Å². The molecule has 0 aliphatic carbocycles. The molecule has 1 amide bonds. The van der Waals surface area contributed by atoms with Crippen LogP contribution in [0.25, 0.3) is 0 Å². The van der Waals surface area contributed by atoms with Gasteiger partial charge in [-0.2, -0.15) is 5.10 Å². The summed E-state index contributed by atoms with van der Waals surface area (Å²) in [4.78, 5) is 11.8. The minimum absolute atomic E-state index is 0.0560. The van der Waals surface area contributed by atoms with Crippen LogP contribution in [0.3, 0.4) is 0 Å². The summed E-state index contributed by atoms with van der Waals surface area (Å²) in [6, 6.07) is 17.4. The van der Waals surface area contributed by atoms with Crippen molar-refractivity contribution < 1.29 is 9.53 Å². The first kappa shape index (κ1) is 16.7. The van der Waals surface area contributed by atoms with Crippen LogP contribution in [0.2, 0.25) is 0 Å². The number of ether oxygens (including phenoxy) is 1. The first-order chi connectivity index (χ1) is 11.2. The SMILES string of the molecule is CCC(C)c1ccccc1OCC(=O)N/N=C/c1ccccc1. The molecule has 2 aromatic rings. The lowest BCUT2D eigenvalue weighted by Crippen LogP contribution is -2.24. The number of hydrazone groups is 1. The van der Waals surface area contributed by atoms with Crippen LogP contribution in [-0.2, 0) is 4.79 Å². The quantitative estimate of drug-likeness (QED) is 0.626. The van der Waals surface area contributed by atoms with Crippen LogP contribution >= 0.6 is 0 Å². The highest BCUT2D eigenvalue weighted by Crippen LogP contribution is 2.28. The van der Waals surface area contributed by atoms with Crippen molar-refractivity contribution in [3.63, 3.8) is 0 Å². The van der Waals surface area contributed by atoms with Crippen LogP contribution in [0.1, 0.15) is 37.3 Å². The number of para-hydroxylation sites is 1. The molecule has 0 saturated heterocycles. The standard InChI is InChI=1S/C19H22N2O2/c1-3-15(2)17-11-7-8-12-18(17)23-14-19(22)21-20-13-16-9-5-4-6-10-16/h4-13,15H,3,14H2,1-2H3,(H,21,22)/b20-13+. The van der Waals surface area contributed by atoms with Gasteiger partial charge in [0.05, 0.1) is 6.21 Å². The van der Waals surface area contributed by atoms with Crippen LogP contribution < -0.4 is 10.2 Å². The highest BCUT2D eigenvalue weighted by molar-refractivity contribution is 5.82. The number of nitrogens with one attached hydrogen (secondary N) is 1. The number of hydrogen-bond acceptors (Lipinski definition) is 3. The smallest absolute Gasteiger partial charge is 0.277 e. The Morgan fingerprint density at radius 2 is 1.87 bits per heavy atom. The molecule has 0 fully saturated rings. The van der Waals surface area contributed by atoms with Gasteiger partial charge in [0.15, 0.2) is 6.61 Å². The normalized spacial score (nSPS) is 12.1. The molecule has 120 valence electrons. The third-order valence-corrected chi connectivity index (χ3v) is 3.62. The van der Waals surface area contributed by atoms with Crippen molar-refractivity contribution in [3.05, 3.63) is 65.7 Å². The van der Waals surface area contributed by atoms with Crippen LogP contribution in [0.4, 0.5) is 0 Å². The Hall–Kier alpha value is -2.62. The fraction of sp³-hybridized carbons (Fsp3) is 0.263. The molecule has 0 saturated carbocycles. The largest absolute Gasteiger partial charge is 0.483 e. The van der Waals surface area contributed by atoms with Gasteiger partial charge in [-0.1, -0.05) is 62.4 Å². The lowest BCUT2D eigenvalue weighted by atomic mass is 9.98. The van der Waals surface area contributed by atoms with E-state index in [1.54, 1.807) is 6.21 Å². The van der Waals surface area contributed by atoms with E-state index in [1.807, 2.05) is 54.6 Å². The third kappa shape index (κ3) is 5.25. The molecule has 0 heterocycles. The van der Waals surface area contributed by atoms with Gasteiger partial charge in [-0.15, -0.1) is 0 Å². The Morgan fingerprint density at radius 1 is 1.17 bits per heavy atom. The van der Waals surface area contributed by atoms with Gasteiger partial charge in [-0.05, 0) is 29.5 Å². The molecule has 4 nitrogen and oxygen atoms in total. The number of benzene rings is 2. The average molecular weight is 310 g/mol. The summed E-state index contributed by atoms with van der Waals surface area (Å²) < 4.78 is 5.64. The van der Waals surface area contributed by atoms with Gasteiger partial charge in [0.25, 0.3) is 5.91 Å². The van der Waals surface area contributed by atoms with Crippen LogP contribution in [0, 0.1) is 0 Å². The number of carbonyl (C=O) groups excluding carboxylic acids is 1. The van der Waals surface area contributed by atoms with Gasteiger partial charge >= 0.3 is 0 Å². The van der Waals surface area contributed by atoms with Crippen molar-refractivity contribution in [3.8, 4) is 5.75 Å². The highest BCUT2D eigenvalue weighted by Gasteiger charge is 2.10. The number of hydrogen-bond donors (Lipinski definition) is 1. The first-order valence-electron chi connectivity index (χ1n) is 7.79. The van der Waals surface area contributed by atoms with E-state index in [0.717, 1.165) is 23.3 Å². The van der Waals surface area contributed by atoms with Crippen LogP contribution in [-0.4, -0.2) is 18.7 Å². The summed E-state index contributed by atoms with van der Waals surface area (Å²) in [6.45, 7) is 4.22. The molecule has 0 spiro atoms. The molecule has 23 heavy (non-hydrogen) atoms. The Kier molecular flexibility index (Phi) is 6.36. The molecule has 0 radical (unpaired) electrons. The van der Waals surface area contributed by atoms with Gasteiger partial charge in [-0.25, -0.2) is 5.43 Å². The molecule has 1 unspecified atom stereocenters. The predicted octanol–water partition coefficient (Wildman–Crippen LogP) is 3.73. The number of carbonyl (C=O) groups is 1. The molecular formula is C19H22N2O2. The molecule has 0 aromatic heterocycles. The predicted molar refractivity (Wildman–Crippen MR) is 92.8 cm³/mol. The first-order valence-corrected chi connectivity index (χ1v) is 7.79. The zero-order valence-corrected chi connectivity index (χ0v) is 13.5. The van der Waals surface area contributed by atoms with Crippen molar-refractivity contribution in [1.29, 1.82) is 0 Å². The maximum Gasteiger partial charge on any atom is 0.277 e. The number of rotatable bonds is 7. The van der Waals surface area contributed by atoms with E-state index in [9.17, 15) is 4.79 Å². The molecule has 2 aromatic carbocycles. The third-order valence-electron chi connectivity index (χ3n) is 3.62. The summed E-state index contributed by atoms with van der Waals surface area (Å²) in [7, 11) is 0. The van der Waals surface area contributed by atoms with Gasteiger partial charge in [0, 0.05) is 0 Å². The second kappa shape index (κ2) is 8.73. The van der Waals surface area contributed by atoms with E-state index in [2.05, 4.69) is 24.4 Å². The summed E-state index contributed by atoms with van der Waals surface area (Å²) in [5.41, 5.74) is 4.52. The van der Waals surface area contributed by atoms with Gasteiger partial charge in [0.1, 0.15) is 5.75 Å². The maximum absolute atomic E-state index is 11.8. The molecule has 0 bridgehead atoms. The van der Waals surface area contributed by atoms with Crippen LogP contribution in [0.15, 0.2) is 59.7 Å². The van der Waals surface area contributed by atoms with Crippen LogP contribution in [0.5, 0.6) is 5.75 Å². The van der Waals surface area contributed by atoms with Crippen molar-refractivity contribution >= 4 is 12.1 Å². The summed E-state index contributed by atoms with van der Waals surface area (Å²) >= 11 is 0. The second-order valence-electron chi connectivity index (χ2n) is 5.34. The minimum Gasteiger partial charge on any atom is -0.483 e. The zero-order valence-electron chi connectivity index (χ0n) is 13.5. The topological polar surface area (TPSA) is 50.7 Å².